The molecule has 0 saturated carbocycles. The van der Waals surface area contributed by atoms with Crippen molar-refractivity contribution in [3.05, 3.63) is 70.8 Å². The number of hydrogen-bond acceptors (Lipinski definition) is 5. The van der Waals surface area contributed by atoms with E-state index in [0.29, 0.717) is 18.2 Å². The number of carboxylic acids is 1. The van der Waals surface area contributed by atoms with Crippen LogP contribution in [0.1, 0.15) is 22.8 Å². The summed E-state index contributed by atoms with van der Waals surface area (Å²) >= 11 is 5.93. The number of alkyl halides is 3. The molecule has 1 aliphatic rings. The molecule has 190 valence electrons. The van der Waals surface area contributed by atoms with Gasteiger partial charge in [-0.3, -0.25) is 4.90 Å². The fraction of sp³-hybridized carbons (Fsp3) is 0.318. The zero-order valence-electron chi connectivity index (χ0n) is 18.2. The maximum atomic E-state index is 13.9. The first-order valence-electron chi connectivity index (χ1n) is 10.1. The van der Waals surface area contributed by atoms with Crippen LogP contribution in [0.5, 0.6) is 0 Å². The van der Waals surface area contributed by atoms with Crippen LogP contribution in [0.2, 0.25) is 5.02 Å². The molecule has 0 aromatic heterocycles. The van der Waals surface area contributed by atoms with E-state index in [1.807, 2.05) is 0 Å². The maximum Gasteiger partial charge on any atom is 0.418 e. The summed E-state index contributed by atoms with van der Waals surface area (Å²) in [5.74, 6) is -3.94. The van der Waals surface area contributed by atoms with E-state index in [2.05, 4.69) is 6.58 Å². The predicted molar refractivity (Wildman–Crippen MR) is 119 cm³/mol. The molecule has 0 bridgehead atoms. The number of sulfone groups is 1. The van der Waals surface area contributed by atoms with Gasteiger partial charge in [-0.15, -0.1) is 6.58 Å². The predicted octanol–water partition coefficient (Wildman–Crippen LogP) is 4.83. The molecule has 13 heteroatoms. The number of benzene rings is 2. The molecular weight excluding hydrogens is 519 g/mol. The van der Waals surface area contributed by atoms with E-state index in [9.17, 15) is 35.2 Å². The Morgan fingerprint density at radius 3 is 2.43 bits per heavy atom. The number of nitrogens with zero attached hydrogens (tertiary/aromatic N) is 2. The molecule has 2 aromatic carbocycles. The Labute approximate surface area is 203 Å². The van der Waals surface area contributed by atoms with Crippen LogP contribution >= 0.6 is 11.6 Å². The number of piperazine rings is 1. The SMILES string of the molecule is C=CC(N1CCN(c2ccc(F)cc2C(F)(F)F)CC1C)S(=O)(=O)c1cc(C(=O)O)c(F)cc1Cl. The minimum Gasteiger partial charge on any atom is -0.478 e. The lowest BCUT2D eigenvalue weighted by molar-refractivity contribution is -0.137. The normalized spacial score (nSPS) is 18.4. The van der Waals surface area contributed by atoms with Crippen LogP contribution in [0, 0.1) is 11.6 Å². The van der Waals surface area contributed by atoms with Crippen molar-refractivity contribution >= 4 is 33.1 Å². The van der Waals surface area contributed by atoms with E-state index < -0.39 is 66.1 Å². The molecule has 1 saturated heterocycles. The highest BCUT2D eigenvalue weighted by molar-refractivity contribution is 7.92. The third-order valence-electron chi connectivity index (χ3n) is 5.69. The molecule has 1 fully saturated rings. The molecule has 2 atom stereocenters. The summed E-state index contributed by atoms with van der Waals surface area (Å²) in [4.78, 5) is 13.5. The molecule has 6 nitrogen and oxygen atoms in total. The van der Waals surface area contributed by atoms with Gasteiger partial charge in [0.05, 0.1) is 21.0 Å². The van der Waals surface area contributed by atoms with Crippen molar-refractivity contribution in [2.75, 3.05) is 24.5 Å². The molecular formula is C22H20ClF5N2O4S. The van der Waals surface area contributed by atoms with E-state index >= 15 is 0 Å². The van der Waals surface area contributed by atoms with Crippen LogP contribution < -0.4 is 4.90 Å². The van der Waals surface area contributed by atoms with Gasteiger partial charge in [0.15, 0.2) is 9.84 Å². The number of rotatable bonds is 6. The second-order valence-corrected chi connectivity index (χ2v) is 10.4. The van der Waals surface area contributed by atoms with E-state index in [-0.39, 0.29) is 25.3 Å². The number of anilines is 1. The van der Waals surface area contributed by atoms with Crippen LogP contribution in [0.15, 0.2) is 47.9 Å². The molecule has 1 aliphatic heterocycles. The maximum absolute atomic E-state index is 13.9. The lowest BCUT2D eigenvalue weighted by atomic mass is 10.1. The summed E-state index contributed by atoms with van der Waals surface area (Å²) in [7, 11) is -4.41. The summed E-state index contributed by atoms with van der Waals surface area (Å²) in [5.41, 5.74) is -2.27. The molecule has 0 amide bonds. The lowest BCUT2D eigenvalue weighted by Crippen LogP contribution is -2.57. The van der Waals surface area contributed by atoms with Crippen molar-refractivity contribution in [2.24, 2.45) is 0 Å². The fourth-order valence-electron chi connectivity index (χ4n) is 4.06. The lowest BCUT2D eigenvalue weighted by Gasteiger charge is -2.44. The summed E-state index contributed by atoms with van der Waals surface area (Å²) in [6, 6.07) is 2.92. The molecule has 0 radical (unpaired) electrons. The molecule has 3 rings (SSSR count). The van der Waals surface area contributed by atoms with Crippen molar-refractivity contribution in [3.8, 4) is 0 Å². The van der Waals surface area contributed by atoms with E-state index in [4.69, 9.17) is 16.7 Å². The smallest absolute Gasteiger partial charge is 0.418 e. The molecule has 1 heterocycles. The van der Waals surface area contributed by atoms with E-state index in [1.165, 1.54) is 9.80 Å². The van der Waals surface area contributed by atoms with Crippen LogP contribution in [0.3, 0.4) is 0 Å². The van der Waals surface area contributed by atoms with Crippen LogP contribution in [0.25, 0.3) is 0 Å². The third-order valence-corrected chi connectivity index (χ3v) is 8.16. The molecule has 2 aromatic rings. The van der Waals surface area contributed by atoms with Gasteiger partial charge in [-0.1, -0.05) is 17.7 Å². The molecule has 35 heavy (non-hydrogen) atoms. The number of halogens is 6. The Bertz CT molecular complexity index is 1270. The Morgan fingerprint density at radius 2 is 1.89 bits per heavy atom. The Hall–Kier alpha value is -2.70. The van der Waals surface area contributed by atoms with Crippen LogP contribution in [-0.4, -0.2) is 55.4 Å². The first-order valence-corrected chi connectivity index (χ1v) is 12.1. The Balaban J connectivity index is 1.94. The van der Waals surface area contributed by atoms with E-state index in [0.717, 1.165) is 18.2 Å². The first-order chi connectivity index (χ1) is 16.2. The average molecular weight is 539 g/mol. The molecule has 2 unspecified atom stereocenters. The van der Waals surface area contributed by atoms with Crippen LogP contribution in [0.4, 0.5) is 27.6 Å². The third kappa shape index (κ3) is 5.29. The second-order valence-electron chi connectivity index (χ2n) is 7.93. The molecule has 1 N–H and O–H groups in total. The highest BCUT2D eigenvalue weighted by Crippen LogP contribution is 2.38. The summed E-state index contributed by atoms with van der Waals surface area (Å²) in [6.07, 6.45) is -3.72. The standard InChI is InChI=1S/C22H20ClF5N2O4S/c1-3-20(35(33,34)19-9-14(21(31)32)17(25)10-16(19)23)30-7-6-29(11-12(30)2)18-5-4-13(24)8-15(18)22(26,27)28/h3-5,8-10,12,20H,1,6-7,11H2,2H3,(H,31,32). The first kappa shape index (κ1) is 26.9. The molecule has 0 spiro atoms. The number of carbonyl (C=O) groups is 1. The van der Waals surface area contributed by atoms with Crippen LogP contribution in [-0.2, 0) is 16.0 Å². The van der Waals surface area contributed by atoms with Gasteiger partial charge in [0.2, 0.25) is 0 Å². The van der Waals surface area contributed by atoms with E-state index in [1.54, 1.807) is 6.92 Å². The van der Waals surface area contributed by atoms with Gasteiger partial charge in [-0.25, -0.2) is 22.0 Å². The number of hydrogen-bond donors (Lipinski definition) is 1. The van der Waals surface area contributed by atoms with Crippen molar-refractivity contribution < 1.29 is 40.3 Å². The monoisotopic (exact) mass is 538 g/mol. The quantitative estimate of drug-likeness (QED) is 0.322. The summed E-state index contributed by atoms with van der Waals surface area (Å²) in [5, 5.41) is 7.20. The average Bonchev–Trinajstić information content (AvgIpc) is 2.74. The van der Waals surface area contributed by atoms with Gasteiger partial charge in [-0.05, 0) is 37.3 Å². The van der Waals surface area contributed by atoms with Crippen molar-refractivity contribution in [1.82, 2.24) is 4.90 Å². The van der Waals surface area contributed by atoms with Gasteiger partial charge >= 0.3 is 12.1 Å². The largest absolute Gasteiger partial charge is 0.478 e. The van der Waals surface area contributed by atoms with Gasteiger partial charge in [0.1, 0.15) is 17.0 Å². The van der Waals surface area contributed by atoms with Gasteiger partial charge < -0.3 is 10.0 Å². The second kappa shape index (κ2) is 9.75. The highest BCUT2D eigenvalue weighted by Gasteiger charge is 2.40. The zero-order chi connectivity index (χ0) is 26.3. The topological polar surface area (TPSA) is 77.9 Å². The minimum atomic E-state index is -4.80. The summed E-state index contributed by atoms with van der Waals surface area (Å²) in [6.45, 7) is 5.03. The number of aromatic carboxylic acids is 1. The van der Waals surface area contributed by atoms with Crippen molar-refractivity contribution in [1.29, 1.82) is 0 Å². The Kier molecular flexibility index (Phi) is 7.49. The zero-order valence-corrected chi connectivity index (χ0v) is 19.8. The van der Waals surface area contributed by atoms with Gasteiger partial charge in [0.25, 0.3) is 0 Å². The summed E-state index contributed by atoms with van der Waals surface area (Å²) < 4.78 is 94.5. The Morgan fingerprint density at radius 1 is 1.23 bits per heavy atom. The fourth-order valence-corrected chi connectivity index (χ4v) is 6.33. The van der Waals surface area contributed by atoms with Crippen molar-refractivity contribution in [3.63, 3.8) is 0 Å². The minimum absolute atomic E-state index is 0.0313. The van der Waals surface area contributed by atoms with Crippen molar-refractivity contribution in [2.45, 2.75) is 29.4 Å². The van der Waals surface area contributed by atoms with Gasteiger partial charge in [-0.2, -0.15) is 13.2 Å². The molecule has 0 aliphatic carbocycles. The highest BCUT2D eigenvalue weighted by atomic mass is 35.5. The number of carboxylic acid groups (broad SMARTS) is 1. The van der Waals surface area contributed by atoms with Gasteiger partial charge in [0, 0.05) is 31.4 Å².